The molecular formula is C31H34O19. The van der Waals surface area contributed by atoms with Crippen molar-refractivity contribution >= 4 is 22.9 Å². The van der Waals surface area contributed by atoms with E-state index in [0.717, 1.165) is 24.3 Å². The Morgan fingerprint density at radius 2 is 1.50 bits per heavy atom. The molecule has 0 saturated carbocycles. The van der Waals surface area contributed by atoms with Crippen LogP contribution >= 0.6 is 0 Å². The van der Waals surface area contributed by atoms with Crippen LogP contribution in [0.3, 0.4) is 0 Å². The molecule has 50 heavy (non-hydrogen) atoms. The van der Waals surface area contributed by atoms with Crippen LogP contribution in [0.15, 0.2) is 39.5 Å². The Morgan fingerprint density at radius 1 is 0.800 bits per heavy atom. The largest absolute Gasteiger partial charge is 0.508 e. The number of hydrogen-bond acceptors (Lipinski definition) is 18. The SMILES string of the molecule is C[C@@H]1O[C@@H](OC[C@H]2O[C@@H](Oc3c(-c4ccc(O)c(O)c4)oc4cc(O)cc(O)c4c3=O)[C@H](O)[C@@H](O)[C@@H]2O)[C@H](O)[C@H](O)[C@H]1OC(=O)CCC(=O)O. The molecule has 3 heterocycles. The molecule has 2 saturated heterocycles. The molecule has 272 valence electrons. The van der Waals surface area contributed by atoms with Crippen LogP contribution in [0, 0.1) is 0 Å². The van der Waals surface area contributed by atoms with Gasteiger partial charge in [-0.15, -0.1) is 0 Å². The van der Waals surface area contributed by atoms with E-state index < -0.39 is 138 Å². The molecule has 0 unspecified atom stereocenters. The van der Waals surface area contributed by atoms with Gasteiger partial charge in [0, 0.05) is 17.7 Å². The van der Waals surface area contributed by atoms with Crippen LogP contribution in [-0.4, -0.2) is 131 Å². The molecule has 3 aromatic rings. The Kier molecular flexibility index (Phi) is 10.7. The minimum atomic E-state index is -2.03. The van der Waals surface area contributed by atoms with Gasteiger partial charge in [0.05, 0.1) is 25.6 Å². The molecule has 2 fully saturated rings. The average Bonchev–Trinajstić information content (AvgIpc) is 3.05. The summed E-state index contributed by atoms with van der Waals surface area (Å²) in [5.74, 6) is -5.73. The number of rotatable bonds is 10. The lowest BCUT2D eigenvalue weighted by molar-refractivity contribution is -0.319. The molecule has 19 heteroatoms. The number of aliphatic hydroxyl groups is 5. The molecule has 0 bridgehead atoms. The maximum Gasteiger partial charge on any atom is 0.306 e. The maximum atomic E-state index is 13.7. The highest BCUT2D eigenvalue weighted by Crippen LogP contribution is 2.39. The van der Waals surface area contributed by atoms with E-state index in [1.165, 1.54) is 13.0 Å². The first-order valence-corrected chi connectivity index (χ1v) is 15.0. The van der Waals surface area contributed by atoms with Crippen LogP contribution in [0.1, 0.15) is 19.8 Å². The molecule has 1 aromatic heterocycles. The summed E-state index contributed by atoms with van der Waals surface area (Å²) in [5, 5.41) is 102. The number of esters is 1. The van der Waals surface area contributed by atoms with Crippen molar-refractivity contribution in [2.24, 2.45) is 0 Å². The smallest absolute Gasteiger partial charge is 0.306 e. The Hall–Kier alpha value is -4.73. The Bertz CT molecular complexity index is 1790. The zero-order valence-electron chi connectivity index (χ0n) is 25.9. The molecule has 0 aliphatic carbocycles. The highest BCUT2D eigenvalue weighted by Gasteiger charge is 2.49. The molecule has 19 nitrogen and oxygen atoms in total. The summed E-state index contributed by atoms with van der Waals surface area (Å²) in [6.07, 6.45) is -18.1. The van der Waals surface area contributed by atoms with Crippen molar-refractivity contribution < 1.29 is 88.8 Å². The molecule has 10 atom stereocenters. The first-order chi connectivity index (χ1) is 23.6. The number of ether oxygens (including phenoxy) is 5. The molecule has 5 rings (SSSR count). The van der Waals surface area contributed by atoms with E-state index in [4.69, 9.17) is 33.2 Å². The van der Waals surface area contributed by atoms with E-state index in [-0.39, 0.29) is 11.1 Å². The van der Waals surface area contributed by atoms with Gasteiger partial charge in [0.25, 0.3) is 0 Å². The Morgan fingerprint density at radius 3 is 2.18 bits per heavy atom. The van der Waals surface area contributed by atoms with E-state index in [0.29, 0.717) is 0 Å². The molecule has 0 radical (unpaired) electrons. The average molecular weight is 711 g/mol. The van der Waals surface area contributed by atoms with Gasteiger partial charge in [-0.25, -0.2) is 0 Å². The topological polar surface area (TPSA) is 313 Å². The summed E-state index contributed by atoms with van der Waals surface area (Å²) in [5.41, 5.74) is -1.45. The number of fused-ring (bicyclic) bond motifs is 1. The number of phenolic OH excluding ortho intramolecular Hbond substituents is 4. The van der Waals surface area contributed by atoms with Gasteiger partial charge in [-0.1, -0.05) is 0 Å². The number of carboxylic acids is 1. The van der Waals surface area contributed by atoms with Crippen LogP contribution in [0.4, 0.5) is 0 Å². The third kappa shape index (κ3) is 7.39. The second-order valence-electron chi connectivity index (χ2n) is 11.6. The Balaban J connectivity index is 1.37. The lowest BCUT2D eigenvalue weighted by Crippen LogP contribution is -2.62. The minimum Gasteiger partial charge on any atom is -0.508 e. The number of carbonyl (C=O) groups is 2. The van der Waals surface area contributed by atoms with Crippen LogP contribution in [-0.2, 0) is 28.5 Å². The first-order valence-electron chi connectivity index (χ1n) is 15.0. The summed E-state index contributed by atoms with van der Waals surface area (Å²) in [7, 11) is 0. The van der Waals surface area contributed by atoms with Gasteiger partial charge in [-0.05, 0) is 25.1 Å². The van der Waals surface area contributed by atoms with Gasteiger partial charge >= 0.3 is 11.9 Å². The van der Waals surface area contributed by atoms with Crippen molar-refractivity contribution in [1.29, 1.82) is 0 Å². The van der Waals surface area contributed by atoms with Crippen molar-refractivity contribution in [3.8, 4) is 40.1 Å². The monoisotopic (exact) mass is 710 g/mol. The van der Waals surface area contributed by atoms with E-state index in [1.54, 1.807) is 0 Å². The van der Waals surface area contributed by atoms with Gasteiger partial charge in [0.15, 0.2) is 29.7 Å². The van der Waals surface area contributed by atoms with Crippen molar-refractivity contribution in [2.75, 3.05) is 6.61 Å². The normalized spacial score (nSPS) is 29.8. The minimum absolute atomic E-state index is 0.0649. The van der Waals surface area contributed by atoms with Gasteiger partial charge in [0.1, 0.15) is 59.1 Å². The summed E-state index contributed by atoms with van der Waals surface area (Å²) in [6, 6.07) is 5.13. The number of carboxylic acid groups (broad SMARTS) is 1. The third-order valence-electron chi connectivity index (χ3n) is 8.07. The van der Waals surface area contributed by atoms with Crippen molar-refractivity contribution in [2.45, 2.75) is 81.2 Å². The first kappa shape index (κ1) is 36.5. The zero-order chi connectivity index (χ0) is 36.6. The van der Waals surface area contributed by atoms with Crippen LogP contribution < -0.4 is 10.2 Å². The van der Waals surface area contributed by atoms with Crippen LogP contribution in [0.2, 0.25) is 0 Å². The van der Waals surface area contributed by atoms with E-state index in [9.17, 15) is 60.3 Å². The van der Waals surface area contributed by atoms with Crippen molar-refractivity contribution in [1.82, 2.24) is 0 Å². The third-order valence-corrected chi connectivity index (χ3v) is 8.07. The summed E-state index contributed by atoms with van der Waals surface area (Å²) in [4.78, 5) is 36.4. The van der Waals surface area contributed by atoms with Gasteiger partial charge in [-0.2, -0.15) is 0 Å². The second kappa shape index (κ2) is 14.6. The lowest BCUT2D eigenvalue weighted by Gasteiger charge is -2.43. The van der Waals surface area contributed by atoms with Crippen molar-refractivity contribution in [3.63, 3.8) is 0 Å². The predicted octanol–water partition coefficient (Wildman–Crippen LogP) is -1.27. The van der Waals surface area contributed by atoms with E-state index >= 15 is 0 Å². The number of aliphatic hydroxyl groups excluding tert-OH is 5. The summed E-state index contributed by atoms with van der Waals surface area (Å²) >= 11 is 0. The standard InChI is InChI=1S/C31H34O19/c1-10-27(49-19(38)5-4-18(36)37)24(42)26(44)30(46-10)45-9-17-21(39)23(41)25(43)31(48-17)50-29-22(40)20-15(35)7-12(32)8-16(20)47-28(29)11-2-3-13(33)14(34)6-11/h2-3,6-8,10,17,21,23-27,30-35,39,41-44H,4-5,9H2,1H3,(H,36,37)/t10-,17+,21+,23-,24-,25+,26+,27-,30+,31-/m0/s1. The fourth-order valence-electron chi connectivity index (χ4n) is 5.41. The summed E-state index contributed by atoms with van der Waals surface area (Å²) in [6.45, 7) is 0.677. The second-order valence-corrected chi connectivity index (χ2v) is 11.6. The van der Waals surface area contributed by atoms with E-state index in [1.807, 2.05) is 0 Å². The predicted molar refractivity (Wildman–Crippen MR) is 161 cm³/mol. The van der Waals surface area contributed by atoms with Gasteiger partial charge in [0.2, 0.25) is 17.5 Å². The zero-order valence-corrected chi connectivity index (χ0v) is 25.9. The van der Waals surface area contributed by atoms with Crippen LogP contribution in [0.5, 0.6) is 28.7 Å². The number of aromatic hydroxyl groups is 4. The molecule has 2 aliphatic heterocycles. The lowest BCUT2D eigenvalue weighted by atomic mass is 9.98. The Labute approximate surface area is 280 Å². The molecule has 0 spiro atoms. The van der Waals surface area contributed by atoms with Gasteiger partial charge < -0.3 is 79.2 Å². The maximum absolute atomic E-state index is 13.7. The fourth-order valence-corrected chi connectivity index (χ4v) is 5.41. The number of carbonyl (C=O) groups excluding carboxylic acids is 1. The van der Waals surface area contributed by atoms with Crippen LogP contribution in [0.25, 0.3) is 22.3 Å². The molecule has 0 amide bonds. The number of hydrogen-bond donors (Lipinski definition) is 10. The summed E-state index contributed by atoms with van der Waals surface area (Å²) < 4.78 is 33.2. The molecular weight excluding hydrogens is 676 g/mol. The highest BCUT2D eigenvalue weighted by molar-refractivity contribution is 5.88. The van der Waals surface area contributed by atoms with Gasteiger partial charge in [-0.3, -0.25) is 14.4 Å². The number of aliphatic carboxylic acids is 1. The number of benzene rings is 2. The number of phenols is 4. The van der Waals surface area contributed by atoms with E-state index in [2.05, 4.69) is 0 Å². The molecule has 2 aliphatic rings. The fraction of sp³-hybridized carbons (Fsp3) is 0.452. The highest BCUT2D eigenvalue weighted by atomic mass is 16.7. The molecule has 10 N–H and O–H groups in total. The quantitative estimate of drug-likeness (QED) is 0.0866. The van der Waals surface area contributed by atoms with Crippen molar-refractivity contribution in [3.05, 3.63) is 40.6 Å². The molecule has 2 aromatic carbocycles.